The maximum atomic E-state index is 11.8. The predicted octanol–water partition coefficient (Wildman–Crippen LogP) is 3.77. The number of aromatic nitrogens is 1. The van der Waals surface area contributed by atoms with Gasteiger partial charge < -0.3 is 5.32 Å². The molecule has 0 atom stereocenters. The maximum Gasteiger partial charge on any atom is 0.234 e. The van der Waals surface area contributed by atoms with E-state index in [-0.39, 0.29) is 11.7 Å². The van der Waals surface area contributed by atoms with Gasteiger partial charge in [0.2, 0.25) is 5.91 Å². The highest BCUT2D eigenvalue weighted by Crippen LogP contribution is 2.24. The number of amides is 1. The van der Waals surface area contributed by atoms with Gasteiger partial charge in [-0.2, -0.15) is 0 Å². The lowest BCUT2D eigenvalue weighted by molar-refractivity contribution is -0.113. The van der Waals surface area contributed by atoms with Crippen LogP contribution in [-0.4, -0.2) is 16.6 Å². The Morgan fingerprint density at radius 1 is 1.32 bits per heavy atom. The number of hydrogen-bond acceptors (Lipinski definition) is 3. The van der Waals surface area contributed by atoms with Crippen molar-refractivity contribution in [3.63, 3.8) is 0 Å². The van der Waals surface area contributed by atoms with E-state index in [9.17, 15) is 4.79 Å². The second-order valence-corrected chi connectivity index (χ2v) is 5.31. The van der Waals surface area contributed by atoms with Gasteiger partial charge in [0.15, 0.2) is 0 Å². The van der Waals surface area contributed by atoms with Crippen molar-refractivity contribution in [1.29, 1.82) is 0 Å². The lowest BCUT2D eigenvalue weighted by Gasteiger charge is -2.07. The molecular formula is C14H13ClN2OS. The molecule has 19 heavy (non-hydrogen) atoms. The van der Waals surface area contributed by atoms with E-state index < -0.39 is 0 Å². The fourth-order valence-corrected chi connectivity index (χ4v) is 2.48. The number of nitrogens with one attached hydrogen (secondary N) is 1. The van der Waals surface area contributed by atoms with E-state index >= 15 is 0 Å². The van der Waals surface area contributed by atoms with Crippen LogP contribution in [0.4, 0.5) is 5.69 Å². The molecular weight excluding hydrogens is 280 g/mol. The number of rotatable bonds is 4. The number of carbonyl (C=O) groups excluding carboxylic acids is 1. The Labute approximate surface area is 121 Å². The molecule has 5 heteroatoms. The molecule has 1 amide bonds. The summed E-state index contributed by atoms with van der Waals surface area (Å²) in [5, 5.41) is 4.11. The number of thioether (sulfide) groups is 1. The number of para-hydroxylation sites is 1. The number of benzene rings is 1. The molecule has 0 spiro atoms. The van der Waals surface area contributed by atoms with Gasteiger partial charge in [0.1, 0.15) is 5.03 Å². The summed E-state index contributed by atoms with van der Waals surface area (Å²) >= 11 is 7.30. The van der Waals surface area contributed by atoms with Gasteiger partial charge in [-0.1, -0.05) is 41.6 Å². The second kappa shape index (κ2) is 6.59. The third-order valence-corrected chi connectivity index (χ3v) is 3.91. The molecule has 98 valence electrons. The molecule has 3 nitrogen and oxygen atoms in total. The number of carbonyl (C=O) groups is 1. The first-order chi connectivity index (χ1) is 9.16. The largest absolute Gasteiger partial charge is 0.325 e. The number of pyridine rings is 1. The summed E-state index contributed by atoms with van der Waals surface area (Å²) < 4.78 is 0. The molecule has 2 rings (SSSR count). The average molecular weight is 293 g/mol. The minimum Gasteiger partial charge on any atom is -0.325 e. The first-order valence-corrected chi connectivity index (χ1v) is 7.12. The van der Waals surface area contributed by atoms with Crippen LogP contribution in [0.15, 0.2) is 47.6 Å². The molecule has 1 N–H and O–H groups in total. The van der Waals surface area contributed by atoms with Gasteiger partial charge in [0.05, 0.1) is 10.8 Å². The van der Waals surface area contributed by atoms with Crippen molar-refractivity contribution in [3.05, 3.63) is 53.2 Å². The zero-order chi connectivity index (χ0) is 13.7. The van der Waals surface area contributed by atoms with Crippen LogP contribution < -0.4 is 5.32 Å². The van der Waals surface area contributed by atoms with Gasteiger partial charge in [0, 0.05) is 11.9 Å². The maximum absolute atomic E-state index is 11.8. The Hall–Kier alpha value is -1.52. The molecule has 1 aromatic carbocycles. The van der Waals surface area contributed by atoms with E-state index in [0.717, 1.165) is 11.3 Å². The fraction of sp³-hybridized carbons (Fsp3) is 0.143. The second-order valence-electron chi connectivity index (χ2n) is 3.94. The topological polar surface area (TPSA) is 42.0 Å². The van der Waals surface area contributed by atoms with E-state index in [1.807, 2.05) is 31.2 Å². The summed E-state index contributed by atoms with van der Waals surface area (Å²) in [7, 11) is 0. The van der Waals surface area contributed by atoms with Gasteiger partial charge in [0.25, 0.3) is 0 Å². The van der Waals surface area contributed by atoms with Crippen molar-refractivity contribution in [1.82, 2.24) is 4.98 Å². The molecule has 1 heterocycles. The van der Waals surface area contributed by atoms with Gasteiger partial charge >= 0.3 is 0 Å². The zero-order valence-electron chi connectivity index (χ0n) is 10.4. The number of anilines is 1. The highest BCUT2D eigenvalue weighted by Gasteiger charge is 2.07. The van der Waals surface area contributed by atoms with Crippen molar-refractivity contribution < 1.29 is 4.79 Å². The molecule has 0 radical (unpaired) electrons. The number of nitrogens with zero attached hydrogens (tertiary/aromatic N) is 1. The van der Waals surface area contributed by atoms with Gasteiger partial charge in [-0.05, 0) is 30.7 Å². The minimum atomic E-state index is -0.0685. The molecule has 0 aliphatic rings. The van der Waals surface area contributed by atoms with Gasteiger partial charge in [-0.15, -0.1) is 0 Å². The molecule has 0 bridgehead atoms. The van der Waals surface area contributed by atoms with E-state index in [1.165, 1.54) is 11.8 Å². The van der Waals surface area contributed by atoms with E-state index in [4.69, 9.17) is 11.6 Å². The fourth-order valence-electron chi connectivity index (χ4n) is 1.51. The molecule has 0 fully saturated rings. The highest BCUT2D eigenvalue weighted by molar-refractivity contribution is 8.00. The quantitative estimate of drug-likeness (QED) is 0.872. The van der Waals surface area contributed by atoms with E-state index in [2.05, 4.69) is 10.3 Å². The number of aryl methyl sites for hydroxylation is 1. The summed E-state index contributed by atoms with van der Waals surface area (Å²) in [6, 6.07) is 11.2. The molecule has 0 unspecified atom stereocenters. The van der Waals surface area contributed by atoms with Gasteiger partial charge in [-0.3, -0.25) is 4.79 Å². The van der Waals surface area contributed by atoms with E-state index in [0.29, 0.717) is 10.0 Å². The van der Waals surface area contributed by atoms with Crippen LogP contribution in [0.3, 0.4) is 0 Å². The van der Waals surface area contributed by atoms with Crippen LogP contribution in [0.1, 0.15) is 5.56 Å². The molecule has 0 aliphatic heterocycles. The molecule has 0 saturated carbocycles. The van der Waals surface area contributed by atoms with Crippen molar-refractivity contribution in [2.24, 2.45) is 0 Å². The summed E-state index contributed by atoms with van der Waals surface area (Å²) in [4.78, 5) is 16.0. The van der Waals surface area contributed by atoms with Crippen LogP contribution in [0.25, 0.3) is 0 Å². The predicted molar refractivity (Wildman–Crippen MR) is 79.8 cm³/mol. The minimum absolute atomic E-state index is 0.0685. The molecule has 0 aliphatic carbocycles. The van der Waals surface area contributed by atoms with Crippen molar-refractivity contribution in [2.75, 3.05) is 11.1 Å². The average Bonchev–Trinajstić information content (AvgIpc) is 2.40. The lowest BCUT2D eigenvalue weighted by Crippen LogP contribution is -2.14. The Balaban J connectivity index is 1.92. The Morgan fingerprint density at radius 2 is 2.11 bits per heavy atom. The Morgan fingerprint density at radius 3 is 2.84 bits per heavy atom. The van der Waals surface area contributed by atoms with Crippen molar-refractivity contribution in [3.8, 4) is 0 Å². The summed E-state index contributed by atoms with van der Waals surface area (Å²) in [6.07, 6.45) is 1.66. The molecule has 1 aromatic heterocycles. The van der Waals surface area contributed by atoms with Crippen LogP contribution in [0, 0.1) is 6.92 Å². The standard InChI is InChI=1S/C14H13ClN2OS/c1-10-5-2-3-7-12(10)17-13(18)9-19-14-11(15)6-4-8-16-14/h2-8H,9H2,1H3,(H,17,18). The summed E-state index contributed by atoms with van der Waals surface area (Å²) in [5.41, 5.74) is 1.87. The lowest BCUT2D eigenvalue weighted by atomic mass is 10.2. The zero-order valence-corrected chi connectivity index (χ0v) is 12.0. The number of halogens is 1. The van der Waals surface area contributed by atoms with Crippen LogP contribution >= 0.6 is 23.4 Å². The first-order valence-electron chi connectivity index (χ1n) is 5.75. The van der Waals surface area contributed by atoms with Crippen LogP contribution in [-0.2, 0) is 4.79 Å². The van der Waals surface area contributed by atoms with E-state index in [1.54, 1.807) is 18.3 Å². The summed E-state index contributed by atoms with van der Waals surface area (Å²) in [6.45, 7) is 1.96. The highest BCUT2D eigenvalue weighted by atomic mass is 35.5. The van der Waals surface area contributed by atoms with Gasteiger partial charge in [-0.25, -0.2) is 4.98 Å². The van der Waals surface area contributed by atoms with Crippen LogP contribution in [0.2, 0.25) is 5.02 Å². The third-order valence-electron chi connectivity index (χ3n) is 2.48. The Bertz CT molecular complexity index is 589. The third kappa shape index (κ3) is 3.98. The summed E-state index contributed by atoms with van der Waals surface area (Å²) in [5.74, 6) is 0.214. The smallest absolute Gasteiger partial charge is 0.234 e. The van der Waals surface area contributed by atoms with Crippen LogP contribution in [0.5, 0.6) is 0 Å². The first kappa shape index (κ1) is 13.9. The van der Waals surface area contributed by atoms with Crippen molar-refractivity contribution in [2.45, 2.75) is 11.9 Å². The molecule has 0 saturated heterocycles. The normalized spacial score (nSPS) is 10.2. The molecule has 2 aromatic rings. The number of hydrogen-bond donors (Lipinski definition) is 1. The van der Waals surface area contributed by atoms with Crippen molar-refractivity contribution >= 4 is 35.0 Å². The SMILES string of the molecule is Cc1ccccc1NC(=O)CSc1ncccc1Cl. The monoisotopic (exact) mass is 292 g/mol. The Kier molecular flexibility index (Phi) is 4.82.